The zero-order valence-electron chi connectivity index (χ0n) is 21.4. The largest absolute Gasteiger partial charge is 0.384 e. The topological polar surface area (TPSA) is 84.9 Å². The van der Waals surface area contributed by atoms with Crippen molar-refractivity contribution in [2.24, 2.45) is 11.3 Å². The second-order valence-corrected chi connectivity index (χ2v) is 12.0. The Morgan fingerprint density at radius 3 is 1.56 bits per heavy atom. The molecule has 0 aromatic heterocycles. The molecule has 0 aliphatic heterocycles. The first-order valence-corrected chi connectivity index (χ1v) is 14.3. The first-order valence-electron chi connectivity index (χ1n) is 12.7. The van der Waals surface area contributed by atoms with Crippen LogP contribution in [-0.4, -0.2) is 10.9 Å². The van der Waals surface area contributed by atoms with E-state index in [0.717, 1.165) is 0 Å². The fraction of sp³-hybridized carbons (Fsp3) is 0.182. The van der Waals surface area contributed by atoms with E-state index in [0.29, 0.717) is 42.3 Å². The third-order valence-corrected chi connectivity index (χ3v) is 9.04. The van der Waals surface area contributed by atoms with Gasteiger partial charge in [0.15, 0.2) is 11.2 Å². The molecule has 8 heteroatoms. The van der Waals surface area contributed by atoms with Gasteiger partial charge in [0.25, 0.3) is 0 Å². The maximum Gasteiger partial charge on any atom is 0.169 e. The van der Waals surface area contributed by atoms with Crippen molar-refractivity contribution in [1.29, 1.82) is 10.5 Å². The lowest BCUT2D eigenvalue weighted by atomic mass is 9.48. The van der Waals surface area contributed by atoms with Crippen LogP contribution < -0.4 is 0 Å². The molecule has 1 fully saturated rings. The van der Waals surface area contributed by atoms with Crippen LogP contribution in [0.25, 0.3) is 0 Å². The van der Waals surface area contributed by atoms with Crippen molar-refractivity contribution in [3.63, 3.8) is 0 Å². The summed E-state index contributed by atoms with van der Waals surface area (Å²) in [5.41, 5.74) is -1.67. The number of ketones is 1. The Hall–Kier alpha value is -3.35. The van der Waals surface area contributed by atoms with Crippen LogP contribution in [0.4, 0.5) is 0 Å². The molecule has 0 saturated heterocycles. The first kappa shape index (κ1) is 29.2. The summed E-state index contributed by atoms with van der Waals surface area (Å²) in [5, 5.41) is 36.3. The molecule has 0 unspecified atom stereocenters. The molecule has 1 N–H and O–H groups in total. The Morgan fingerprint density at radius 2 is 1.10 bits per heavy atom. The predicted octanol–water partition coefficient (Wildman–Crippen LogP) is 8.99. The monoisotopic (exact) mass is 618 g/mol. The van der Waals surface area contributed by atoms with Gasteiger partial charge >= 0.3 is 0 Å². The highest BCUT2D eigenvalue weighted by Gasteiger charge is 2.64. The molecule has 4 atom stereocenters. The van der Waals surface area contributed by atoms with Crippen LogP contribution in [0.3, 0.4) is 0 Å². The molecule has 0 heterocycles. The number of nitriles is 2. The van der Waals surface area contributed by atoms with Crippen molar-refractivity contribution in [3.8, 4) is 12.1 Å². The molecule has 0 bridgehead atoms. The van der Waals surface area contributed by atoms with Crippen molar-refractivity contribution >= 4 is 52.2 Å². The minimum absolute atomic E-state index is 0.0918. The highest BCUT2D eigenvalue weighted by molar-refractivity contribution is 6.31. The standard InChI is InChI=1S/C33H22Cl4N2O2/c34-24-9-1-20(2-10-24)28-17-33(41,23-7-15-27(37)16-8-23)30(31(40)22-5-13-26(36)14-6-22)29(32(28,18-38)19-39)21-3-11-25(35)12-4-21/h1-16,28-30,41H,17H2/t28-,29-,30+,33-/m1/s1. The van der Waals surface area contributed by atoms with E-state index in [-0.39, 0.29) is 6.42 Å². The number of carbonyl (C=O) groups excluding carboxylic acids is 1. The summed E-state index contributed by atoms with van der Waals surface area (Å²) in [5.74, 6) is -3.53. The molecule has 5 rings (SSSR count). The smallest absolute Gasteiger partial charge is 0.169 e. The highest BCUT2D eigenvalue weighted by atomic mass is 35.5. The third kappa shape index (κ3) is 5.24. The molecule has 204 valence electrons. The zero-order valence-corrected chi connectivity index (χ0v) is 24.5. The lowest BCUT2D eigenvalue weighted by molar-refractivity contribution is -0.0783. The fourth-order valence-corrected chi connectivity index (χ4v) is 6.58. The van der Waals surface area contributed by atoms with Crippen LogP contribution in [0.5, 0.6) is 0 Å². The first-order chi connectivity index (χ1) is 19.6. The van der Waals surface area contributed by atoms with E-state index in [1.54, 1.807) is 97.1 Å². The van der Waals surface area contributed by atoms with Gasteiger partial charge in [0.1, 0.15) is 5.60 Å². The lowest BCUT2D eigenvalue weighted by Crippen LogP contribution is -2.55. The maximum atomic E-state index is 14.5. The molecule has 0 spiro atoms. The number of carbonyl (C=O) groups is 1. The van der Waals surface area contributed by atoms with Gasteiger partial charge in [-0.25, -0.2) is 0 Å². The van der Waals surface area contributed by atoms with Crippen molar-refractivity contribution in [2.75, 3.05) is 0 Å². The molecule has 0 amide bonds. The molecular formula is C33H22Cl4N2O2. The third-order valence-electron chi connectivity index (χ3n) is 8.03. The zero-order chi connectivity index (χ0) is 29.4. The van der Waals surface area contributed by atoms with Gasteiger partial charge in [0.2, 0.25) is 0 Å². The fourth-order valence-electron chi connectivity index (χ4n) is 6.07. The van der Waals surface area contributed by atoms with Gasteiger partial charge in [0.05, 0.1) is 18.1 Å². The molecule has 1 saturated carbocycles. The van der Waals surface area contributed by atoms with E-state index in [1.165, 1.54) is 0 Å². The summed E-state index contributed by atoms with van der Waals surface area (Å²) in [6.07, 6.45) is -0.0918. The quantitative estimate of drug-likeness (QED) is 0.226. The van der Waals surface area contributed by atoms with Gasteiger partial charge in [-0.05, 0) is 83.8 Å². The van der Waals surface area contributed by atoms with E-state index in [2.05, 4.69) is 12.1 Å². The van der Waals surface area contributed by atoms with Crippen molar-refractivity contribution < 1.29 is 9.90 Å². The van der Waals surface area contributed by atoms with Crippen LogP contribution in [0, 0.1) is 34.0 Å². The molecular weight excluding hydrogens is 598 g/mol. The Bertz CT molecular complexity index is 1640. The highest BCUT2D eigenvalue weighted by Crippen LogP contribution is 2.63. The van der Waals surface area contributed by atoms with E-state index < -0.39 is 34.6 Å². The van der Waals surface area contributed by atoms with Gasteiger partial charge in [-0.2, -0.15) is 10.5 Å². The van der Waals surface area contributed by atoms with E-state index in [9.17, 15) is 20.4 Å². The number of halogens is 4. The van der Waals surface area contributed by atoms with E-state index in [1.807, 2.05) is 0 Å². The van der Waals surface area contributed by atoms with Crippen molar-refractivity contribution in [1.82, 2.24) is 0 Å². The number of hydrogen-bond acceptors (Lipinski definition) is 4. The summed E-state index contributed by atoms with van der Waals surface area (Å²) in [7, 11) is 0. The van der Waals surface area contributed by atoms with Crippen LogP contribution in [-0.2, 0) is 5.60 Å². The van der Waals surface area contributed by atoms with Gasteiger partial charge < -0.3 is 5.11 Å². The van der Waals surface area contributed by atoms with Gasteiger partial charge in [-0.3, -0.25) is 4.79 Å². The number of Topliss-reactive ketones (excluding diaryl/α,β-unsaturated/α-hetero) is 1. The summed E-state index contributed by atoms with van der Waals surface area (Å²) in [4.78, 5) is 14.5. The predicted molar refractivity (Wildman–Crippen MR) is 161 cm³/mol. The Morgan fingerprint density at radius 1 is 0.683 bits per heavy atom. The minimum atomic E-state index is -1.81. The number of nitrogens with zero attached hydrogens (tertiary/aromatic N) is 2. The molecule has 4 nitrogen and oxygen atoms in total. The molecule has 41 heavy (non-hydrogen) atoms. The normalized spacial score (nSPS) is 23.2. The Kier molecular flexibility index (Phi) is 8.18. The average Bonchev–Trinajstić information content (AvgIpc) is 2.98. The average molecular weight is 620 g/mol. The van der Waals surface area contributed by atoms with Crippen LogP contribution in [0.2, 0.25) is 20.1 Å². The van der Waals surface area contributed by atoms with Crippen LogP contribution >= 0.6 is 46.4 Å². The molecule has 0 radical (unpaired) electrons. The molecule has 1 aliphatic carbocycles. The van der Waals surface area contributed by atoms with Gasteiger partial charge in [0, 0.05) is 37.5 Å². The Labute approximate surface area is 258 Å². The van der Waals surface area contributed by atoms with Crippen molar-refractivity contribution in [3.05, 3.63) is 139 Å². The number of rotatable bonds is 5. The second-order valence-electron chi connectivity index (χ2n) is 10.2. The minimum Gasteiger partial charge on any atom is -0.384 e. The SMILES string of the molecule is N#CC1(C#N)[C@@H](c2ccc(Cl)cc2)C[C@@](O)(c2ccc(Cl)cc2)[C@H](C(=O)c2ccc(Cl)cc2)[C@H]1c1ccc(Cl)cc1. The lowest BCUT2D eigenvalue weighted by Gasteiger charge is -2.53. The van der Waals surface area contributed by atoms with Crippen LogP contribution in [0.1, 0.15) is 45.3 Å². The molecule has 4 aromatic carbocycles. The van der Waals surface area contributed by atoms with Crippen LogP contribution in [0.15, 0.2) is 97.1 Å². The molecule has 4 aromatic rings. The summed E-state index contributed by atoms with van der Waals surface area (Å²) in [6, 6.07) is 31.1. The van der Waals surface area contributed by atoms with Crippen molar-refractivity contribution in [2.45, 2.75) is 23.9 Å². The molecule has 1 aliphatic rings. The Balaban J connectivity index is 1.85. The van der Waals surface area contributed by atoms with E-state index >= 15 is 0 Å². The number of aliphatic hydroxyl groups is 1. The second kappa shape index (κ2) is 11.5. The maximum absolute atomic E-state index is 14.5. The summed E-state index contributed by atoms with van der Waals surface area (Å²) >= 11 is 24.7. The van der Waals surface area contributed by atoms with Gasteiger partial charge in [-0.1, -0.05) is 82.8 Å². The number of hydrogen-bond donors (Lipinski definition) is 1. The van der Waals surface area contributed by atoms with E-state index in [4.69, 9.17) is 46.4 Å². The number of benzene rings is 4. The summed E-state index contributed by atoms with van der Waals surface area (Å²) < 4.78 is 0. The van der Waals surface area contributed by atoms with Gasteiger partial charge in [-0.15, -0.1) is 0 Å². The summed E-state index contributed by atoms with van der Waals surface area (Å²) in [6.45, 7) is 0.